The van der Waals surface area contributed by atoms with Gasteiger partial charge in [-0.1, -0.05) is 51.3 Å². The van der Waals surface area contributed by atoms with Crippen LogP contribution in [0.4, 0.5) is 5.69 Å². The average molecular weight is 477 g/mol. The smallest absolute Gasteiger partial charge is 0.289 e. The summed E-state index contributed by atoms with van der Waals surface area (Å²) in [7, 11) is 0. The Morgan fingerprint density at radius 3 is 2.54 bits per heavy atom. The molecule has 0 fully saturated rings. The van der Waals surface area contributed by atoms with Crippen molar-refractivity contribution in [2.45, 2.75) is 65.5 Å². The van der Waals surface area contributed by atoms with Gasteiger partial charge in [0.25, 0.3) is 5.91 Å². The van der Waals surface area contributed by atoms with Gasteiger partial charge < -0.3 is 18.8 Å². The van der Waals surface area contributed by atoms with Gasteiger partial charge in [-0.25, -0.2) is 4.98 Å². The van der Waals surface area contributed by atoms with Crippen LogP contribution in [0.2, 0.25) is 0 Å². The third-order valence-electron chi connectivity index (χ3n) is 6.39. The molecule has 0 radical (unpaired) electrons. The van der Waals surface area contributed by atoms with Gasteiger partial charge in [-0.05, 0) is 42.5 Å². The van der Waals surface area contributed by atoms with E-state index in [0.29, 0.717) is 50.0 Å². The molecule has 7 nitrogen and oxygen atoms in total. The molecule has 1 aliphatic heterocycles. The number of aromatic nitrogens is 2. The van der Waals surface area contributed by atoms with Crippen LogP contribution >= 0.6 is 0 Å². The quantitative estimate of drug-likeness (QED) is 0.487. The number of hydrogen-bond acceptors (Lipinski definition) is 4. The fourth-order valence-electron chi connectivity index (χ4n) is 4.60. The molecule has 4 rings (SSSR count). The molecule has 0 atom stereocenters. The van der Waals surface area contributed by atoms with E-state index in [9.17, 15) is 9.59 Å². The molecule has 0 saturated carbocycles. The molecule has 0 saturated heterocycles. The number of anilines is 1. The lowest BCUT2D eigenvalue weighted by molar-refractivity contribution is -0.119. The predicted molar refractivity (Wildman–Crippen MR) is 136 cm³/mol. The van der Waals surface area contributed by atoms with Crippen LogP contribution in [0.3, 0.4) is 0 Å². The second-order valence-corrected chi connectivity index (χ2v) is 9.77. The number of imidazole rings is 1. The number of nitrogens with zero attached hydrogens (tertiary/aromatic N) is 4. The predicted octanol–water partition coefficient (Wildman–Crippen LogP) is 5.51. The lowest BCUT2D eigenvalue weighted by atomic mass is 10.0. The van der Waals surface area contributed by atoms with E-state index in [4.69, 9.17) is 4.42 Å². The number of rotatable bonds is 5. The van der Waals surface area contributed by atoms with Crippen molar-refractivity contribution in [3.8, 4) is 0 Å². The van der Waals surface area contributed by atoms with Crippen molar-refractivity contribution in [2.75, 3.05) is 18.0 Å². The summed E-state index contributed by atoms with van der Waals surface area (Å²) in [6.07, 6.45) is 11.0. The van der Waals surface area contributed by atoms with Crippen molar-refractivity contribution < 1.29 is 14.0 Å². The Balaban J connectivity index is 1.58. The van der Waals surface area contributed by atoms with Gasteiger partial charge in [-0.3, -0.25) is 9.59 Å². The molecule has 3 aromatic rings. The molecule has 0 aliphatic carbocycles. The zero-order valence-corrected chi connectivity index (χ0v) is 20.9. The van der Waals surface area contributed by atoms with Crippen molar-refractivity contribution in [1.29, 1.82) is 0 Å². The molecule has 2 aromatic heterocycles. The zero-order chi connectivity index (χ0) is 24.6. The van der Waals surface area contributed by atoms with Crippen LogP contribution in [0.1, 0.15) is 74.3 Å². The molecule has 1 aliphatic rings. The maximum absolute atomic E-state index is 13.5. The van der Waals surface area contributed by atoms with E-state index in [1.807, 2.05) is 50.9 Å². The van der Waals surface area contributed by atoms with Crippen molar-refractivity contribution in [1.82, 2.24) is 14.5 Å². The number of fused-ring (bicyclic) bond motifs is 1. The second-order valence-electron chi connectivity index (χ2n) is 9.77. The Hall–Kier alpha value is -3.35. The third kappa shape index (κ3) is 6.62. The van der Waals surface area contributed by atoms with Crippen LogP contribution in [-0.4, -0.2) is 39.4 Å². The highest BCUT2D eigenvalue weighted by molar-refractivity contribution is 5.95. The van der Waals surface area contributed by atoms with Crippen molar-refractivity contribution in [2.24, 2.45) is 5.92 Å². The van der Waals surface area contributed by atoms with Gasteiger partial charge >= 0.3 is 0 Å². The molecule has 35 heavy (non-hydrogen) atoms. The monoisotopic (exact) mass is 476 g/mol. The molecule has 0 bridgehead atoms. The van der Waals surface area contributed by atoms with Crippen LogP contribution in [0, 0.1) is 5.92 Å². The van der Waals surface area contributed by atoms with Gasteiger partial charge in [-0.2, -0.15) is 0 Å². The normalized spacial score (nSPS) is 15.4. The van der Waals surface area contributed by atoms with Crippen molar-refractivity contribution >= 4 is 17.5 Å². The van der Waals surface area contributed by atoms with E-state index in [1.165, 1.54) is 0 Å². The summed E-state index contributed by atoms with van der Waals surface area (Å²) in [4.78, 5) is 34.6. The minimum absolute atomic E-state index is 0.117. The van der Waals surface area contributed by atoms with Crippen LogP contribution in [0.25, 0.3) is 0 Å². The van der Waals surface area contributed by atoms with Gasteiger partial charge in [-0.15, -0.1) is 0 Å². The molecule has 7 heteroatoms. The van der Waals surface area contributed by atoms with E-state index in [2.05, 4.69) is 18.8 Å². The standard InChI is InChI=1S/C28H36N4O3/c1-22(2)18-27(33)32-16-9-5-3-4-8-15-31(19-23-10-6-7-11-25(23)32)28(34)26-13-12-24(35-26)20-30-17-14-29-21-30/h6-7,10-14,17,21-22H,3-5,8-9,15-16,18-20H2,1-2H3. The van der Waals surface area contributed by atoms with E-state index < -0.39 is 0 Å². The highest BCUT2D eigenvalue weighted by atomic mass is 16.4. The summed E-state index contributed by atoms with van der Waals surface area (Å²) in [6.45, 7) is 6.49. The van der Waals surface area contributed by atoms with Crippen molar-refractivity contribution in [3.63, 3.8) is 0 Å². The first-order valence-electron chi connectivity index (χ1n) is 12.7. The Bertz CT molecular complexity index is 1100. The first kappa shape index (κ1) is 24.8. The van der Waals surface area contributed by atoms with Crippen LogP contribution in [0.5, 0.6) is 0 Å². The van der Waals surface area contributed by atoms with E-state index in [0.717, 1.165) is 43.4 Å². The minimum atomic E-state index is -0.117. The van der Waals surface area contributed by atoms with Crippen LogP contribution in [-0.2, 0) is 17.9 Å². The molecular weight excluding hydrogens is 440 g/mol. The van der Waals surface area contributed by atoms with Crippen molar-refractivity contribution in [3.05, 3.63) is 72.2 Å². The summed E-state index contributed by atoms with van der Waals surface area (Å²) in [6, 6.07) is 11.6. The Labute approximate surface area is 207 Å². The maximum Gasteiger partial charge on any atom is 0.289 e. The molecule has 1 aromatic carbocycles. The SMILES string of the molecule is CC(C)CC(=O)N1CCCCCCCN(C(=O)c2ccc(Cn3ccnc3)o2)Cc2ccccc21. The Morgan fingerprint density at radius 1 is 1.00 bits per heavy atom. The van der Waals surface area contributed by atoms with Crippen LogP contribution in [0.15, 0.2) is 59.5 Å². The molecule has 3 heterocycles. The summed E-state index contributed by atoms with van der Waals surface area (Å²) in [5, 5.41) is 0. The van der Waals surface area contributed by atoms with E-state index >= 15 is 0 Å². The van der Waals surface area contributed by atoms with Gasteiger partial charge in [0.1, 0.15) is 5.76 Å². The van der Waals surface area contributed by atoms with Gasteiger partial charge in [0.2, 0.25) is 5.91 Å². The summed E-state index contributed by atoms with van der Waals surface area (Å²) in [5.74, 6) is 1.39. The number of carbonyl (C=O) groups is 2. The summed E-state index contributed by atoms with van der Waals surface area (Å²) in [5.41, 5.74) is 1.90. The lowest BCUT2D eigenvalue weighted by Gasteiger charge is -2.29. The molecular formula is C28H36N4O3. The number of benzene rings is 1. The van der Waals surface area contributed by atoms with Gasteiger partial charge in [0.15, 0.2) is 5.76 Å². The number of para-hydroxylation sites is 1. The maximum atomic E-state index is 13.5. The number of amides is 2. The van der Waals surface area contributed by atoms with E-state index in [-0.39, 0.29) is 11.8 Å². The molecule has 186 valence electrons. The fourth-order valence-corrected chi connectivity index (χ4v) is 4.60. The number of furan rings is 1. The fraction of sp³-hybridized carbons (Fsp3) is 0.464. The van der Waals surface area contributed by atoms with Gasteiger partial charge in [0, 0.05) is 44.1 Å². The molecule has 2 amide bonds. The Morgan fingerprint density at radius 2 is 1.77 bits per heavy atom. The largest absolute Gasteiger partial charge is 0.454 e. The van der Waals surface area contributed by atoms with E-state index in [1.54, 1.807) is 18.6 Å². The molecule has 0 unspecified atom stereocenters. The molecule has 0 N–H and O–H groups in total. The van der Waals surface area contributed by atoms with Crippen LogP contribution < -0.4 is 4.90 Å². The first-order valence-corrected chi connectivity index (χ1v) is 12.7. The second kappa shape index (κ2) is 11.9. The first-order chi connectivity index (χ1) is 17.0. The highest BCUT2D eigenvalue weighted by Crippen LogP contribution is 2.26. The minimum Gasteiger partial charge on any atom is -0.454 e. The third-order valence-corrected chi connectivity index (χ3v) is 6.39. The summed E-state index contributed by atoms with van der Waals surface area (Å²) >= 11 is 0. The number of carbonyl (C=O) groups excluding carboxylic acids is 2. The zero-order valence-electron chi connectivity index (χ0n) is 20.9. The molecule has 0 spiro atoms. The summed E-state index contributed by atoms with van der Waals surface area (Å²) < 4.78 is 7.84. The van der Waals surface area contributed by atoms with Gasteiger partial charge in [0.05, 0.1) is 12.9 Å². The lowest BCUT2D eigenvalue weighted by Crippen LogP contribution is -2.36. The Kier molecular flexibility index (Phi) is 8.40. The highest BCUT2D eigenvalue weighted by Gasteiger charge is 2.24. The average Bonchev–Trinajstić information content (AvgIpc) is 3.51. The number of hydrogen-bond donors (Lipinski definition) is 0. The topological polar surface area (TPSA) is 71.6 Å².